The number of nitrogens with zero attached hydrogens (tertiary/aromatic N) is 3. The number of carbonyl (C=O) groups is 1. The van der Waals surface area contributed by atoms with E-state index in [1.54, 1.807) is 0 Å². The molecule has 4 rings (SSSR count). The second-order valence-electron chi connectivity index (χ2n) is 7.31. The molecule has 1 aromatic heterocycles. The second kappa shape index (κ2) is 6.96. The zero-order valence-electron chi connectivity index (χ0n) is 14.8. The summed E-state index contributed by atoms with van der Waals surface area (Å²) >= 11 is 0. The van der Waals surface area contributed by atoms with E-state index in [1.165, 1.54) is 5.56 Å². The van der Waals surface area contributed by atoms with E-state index in [0.717, 1.165) is 43.7 Å². The van der Waals surface area contributed by atoms with E-state index in [9.17, 15) is 4.79 Å². The van der Waals surface area contributed by atoms with Crippen molar-refractivity contribution in [2.45, 2.75) is 44.8 Å². The van der Waals surface area contributed by atoms with Crippen LogP contribution in [0.4, 0.5) is 0 Å². The molecule has 0 unspecified atom stereocenters. The van der Waals surface area contributed by atoms with Gasteiger partial charge in [-0.05, 0) is 37.0 Å². The number of fused-ring (bicyclic) bond motifs is 2. The van der Waals surface area contributed by atoms with Crippen LogP contribution < -0.4 is 0 Å². The number of likely N-dealkylation sites (tertiary alicyclic amines) is 2. The molecule has 0 saturated carbocycles. The van der Waals surface area contributed by atoms with Crippen molar-refractivity contribution in [3.05, 3.63) is 65.5 Å². The summed E-state index contributed by atoms with van der Waals surface area (Å²) in [7, 11) is 0. The molecule has 2 fully saturated rings. The van der Waals surface area contributed by atoms with Crippen molar-refractivity contribution >= 4 is 5.91 Å². The maximum atomic E-state index is 12.6. The first-order valence-electron chi connectivity index (χ1n) is 9.18. The first-order chi connectivity index (χ1) is 12.2. The van der Waals surface area contributed by atoms with E-state index in [1.807, 2.05) is 19.2 Å². The zero-order chi connectivity index (χ0) is 17.2. The molecule has 4 nitrogen and oxygen atoms in total. The molecular formula is C21H25N3O. The van der Waals surface area contributed by atoms with Crippen molar-refractivity contribution in [3.63, 3.8) is 0 Å². The standard InChI is InChI=1S/C21H25N3O/c1-16-7-8-17(12-22-16)9-10-21(25)24-15-19-11-20(24)14-23(19)13-18-5-3-2-4-6-18/h2-8,12,19-20H,9-11,13-15H2,1H3/t19-,20-/m0/s1. The van der Waals surface area contributed by atoms with Gasteiger partial charge in [0.2, 0.25) is 5.91 Å². The van der Waals surface area contributed by atoms with Gasteiger partial charge in [0.15, 0.2) is 0 Å². The number of piperazine rings is 1. The van der Waals surface area contributed by atoms with Gasteiger partial charge < -0.3 is 4.90 Å². The van der Waals surface area contributed by atoms with Gasteiger partial charge in [0.05, 0.1) is 0 Å². The molecule has 0 aliphatic carbocycles. The van der Waals surface area contributed by atoms with Gasteiger partial charge in [0.25, 0.3) is 0 Å². The molecule has 2 bridgehead atoms. The number of carbonyl (C=O) groups excluding carboxylic acids is 1. The molecule has 25 heavy (non-hydrogen) atoms. The van der Waals surface area contributed by atoms with Gasteiger partial charge in [-0.25, -0.2) is 0 Å². The Morgan fingerprint density at radius 2 is 1.92 bits per heavy atom. The second-order valence-corrected chi connectivity index (χ2v) is 7.31. The fourth-order valence-corrected chi connectivity index (χ4v) is 4.11. The van der Waals surface area contributed by atoms with Gasteiger partial charge in [-0.15, -0.1) is 0 Å². The van der Waals surface area contributed by atoms with E-state index in [2.05, 4.69) is 51.2 Å². The van der Waals surface area contributed by atoms with E-state index in [0.29, 0.717) is 24.4 Å². The molecule has 3 heterocycles. The molecule has 2 aliphatic heterocycles. The maximum Gasteiger partial charge on any atom is 0.223 e. The molecule has 0 spiro atoms. The number of benzene rings is 1. The SMILES string of the molecule is Cc1ccc(CCC(=O)N2C[C@@H]3C[C@H]2CN3Cc2ccccc2)cn1. The lowest BCUT2D eigenvalue weighted by molar-refractivity contribution is -0.133. The topological polar surface area (TPSA) is 36.4 Å². The average Bonchev–Trinajstić information content (AvgIpc) is 3.22. The summed E-state index contributed by atoms with van der Waals surface area (Å²) < 4.78 is 0. The minimum Gasteiger partial charge on any atom is -0.337 e. The van der Waals surface area contributed by atoms with Gasteiger partial charge >= 0.3 is 0 Å². The number of pyridine rings is 1. The third-order valence-corrected chi connectivity index (χ3v) is 5.50. The fraction of sp³-hybridized carbons (Fsp3) is 0.429. The summed E-state index contributed by atoms with van der Waals surface area (Å²) in [6, 6.07) is 15.6. The van der Waals surface area contributed by atoms with Crippen molar-refractivity contribution in [3.8, 4) is 0 Å². The van der Waals surface area contributed by atoms with Crippen LogP contribution in [0.15, 0.2) is 48.7 Å². The molecule has 2 aromatic rings. The number of hydrogen-bond donors (Lipinski definition) is 0. The largest absolute Gasteiger partial charge is 0.337 e. The fourth-order valence-electron chi connectivity index (χ4n) is 4.11. The normalized spacial score (nSPS) is 22.5. The third kappa shape index (κ3) is 3.59. The Balaban J connectivity index is 1.29. The Kier molecular flexibility index (Phi) is 4.53. The summed E-state index contributed by atoms with van der Waals surface area (Å²) in [5, 5.41) is 0. The van der Waals surface area contributed by atoms with Crippen molar-refractivity contribution in [1.82, 2.24) is 14.8 Å². The van der Waals surface area contributed by atoms with Crippen LogP contribution >= 0.6 is 0 Å². The van der Waals surface area contributed by atoms with Crippen LogP contribution in [-0.4, -0.2) is 45.9 Å². The summed E-state index contributed by atoms with van der Waals surface area (Å²) in [6.45, 7) is 4.88. The molecule has 2 saturated heterocycles. The predicted molar refractivity (Wildman–Crippen MR) is 98.1 cm³/mol. The van der Waals surface area contributed by atoms with Gasteiger partial charge in [0.1, 0.15) is 0 Å². The van der Waals surface area contributed by atoms with E-state index >= 15 is 0 Å². The van der Waals surface area contributed by atoms with Crippen LogP contribution in [0.2, 0.25) is 0 Å². The molecule has 2 aliphatic rings. The van der Waals surface area contributed by atoms with Gasteiger partial charge in [-0.2, -0.15) is 0 Å². The average molecular weight is 335 g/mol. The third-order valence-electron chi connectivity index (χ3n) is 5.50. The van der Waals surface area contributed by atoms with E-state index < -0.39 is 0 Å². The van der Waals surface area contributed by atoms with Gasteiger partial charge in [-0.3, -0.25) is 14.7 Å². The smallest absolute Gasteiger partial charge is 0.223 e. The van der Waals surface area contributed by atoms with Crippen LogP contribution in [0.25, 0.3) is 0 Å². The molecule has 0 radical (unpaired) electrons. The summed E-state index contributed by atoms with van der Waals surface area (Å²) in [5.74, 6) is 0.299. The van der Waals surface area contributed by atoms with Gasteiger partial charge in [0, 0.05) is 50.0 Å². The quantitative estimate of drug-likeness (QED) is 0.843. The highest BCUT2D eigenvalue weighted by atomic mass is 16.2. The number of aryl methyl sites for hydroxylation is 2. The summed E-state index contributed by atoms with van der Waals surface area (Å²) in [4.78, 5) is 21.6. The van der Waals surface area contributed by atoms with Crippen molar-refractivity contribution in [1.29, 1.82) is 0 Å². The maximum absolute atomic E-state index is 12.6. The first kappa shape index (κ1) is 16.3. The zero-order valence-corrected chi connectivity index (χ0v) is 14.8. The number of rotatable bonds is 5. The van der Waals surface area contributed by atoms with Crippen molar-refractivity contribution < 1.29 is 4.79 Å². The lowest BCUT2D eigenvalue weighted by Gasteiger charge is -2.34. The molecule has 1 aromatic carbocycles. The molecule has 2 atom stereocenters. The van der Waals surface area contributed by atoms with Crippen molar-refractivity contribution in [2.24, 2.45) is 0 Å². The summed E-state index contributed by atoms with van der Waals surface area (Å²) in [5.41, 5.74) is 3.53. The Morgan fingerprint density at radius 1 is 1.08 bits per heavy atom. The first-order valence-corrected chi connectivity index (χ1v) is 9.18. The minimum absolute atomic E-state index is 0.299. The number of hydrogen-bond acceptors (Lipinski definition) is 3. The lowest BCUT2D eigenvalue weighted by Crippen LogP contribution is -2.48. The monoisotopic (exact) mass is 335 g/mol. The molecule has 4 heteroatoms. The lowest BCUT2D eigenvalue weighted by atomic mass is 10.1. The van der Waals surface area contributed by atoms with E-state index in [4.69, 9.17) is 0 Å². The molecule has 1 amide bonds. The molecular weight excluding hydrogens is 310 g/mol. The van der Waals surface area contributed by atoms with Crippen LogP contribution in [0.5, 0.6) is 0 Å². The number of aromatic nitrogens is 1. The Labute approximate surface area is 149 Å². The van der Waals surface area contributed by atoms with Gasteiger partial charge in [-0.1, -0.05) is 36.4 Å². The van der Waals surface area contributed by atoms with Crippen LogP contribution in [0.3, 0.4) is 0 Å². The Bertz CT molecular complexity index is 729. The highest BCUT2D eigenvalue weighted by Crippen LogP contribution is 2.32. The van der Waals surface area contributed by atoms with Crippen LogP contribution in [-0.2, 0) is 17.8 Å². The highest BCUT2D eigenvalue weighted by molar-refractivity contribution is 5.77. The van der Waals surface area contributed by atoms with Crippen LogP contribution in [0, 0.1) is 6.92 Å². The van der Waals surface area contributed by atoms with Crippen LogP contribution in [0.1, 0.15) is 29.7 Å². The number of amides is 1. The Morgan fingerprint density at radius 3 is 2.60 bits per heavy atom. The van der Waals surface area contributed by atoms with Crippen molar-refractivity contribution in [2.75, 3.05) is 13.1 Å². The summed E-state index contributed by atoms with van der Waals surface area (Å²) in [6.07, 6.45) is 4.39. The molecule has 0 N–H and O–H groups in total. The Hall–Kier alpha value is -2.20. The minimum atomic E-state index is 0.299. The molecule has 130 valence electrons. The predicted octanol–water partition coefficient (Wildman–Crippen LogP) is 2.81. The highest BCUT2D eigenvalue weighted by Gasteiger charge is 2.44. The van der Waals surface area contributed by atoms with E-state index in [-0.39, 0.29) is 0 Å².